The van der Waals surface area contributed by atoms with Crippen LogP contribution in [0, 0.1) is 3.95 Å². The fourth-order valence-electron chi connectivity index (χ4n) is 1.15. The van der Waals surface area contributed by atoms with Crippen LogP contribution in [0.3, 0.4) is 0 Å². The molecule has 6 heteroatoms. The van der Waals surface area contributed by atoms with Gasteiger partial charge in [0.1, 0.15) is 10.8 Å². The second-order valence-corrected chi connectivity index (χ2v) is 4.84. The quantitative estimate of drug-likeness (QED) is 0.838. The Bertz CT molecular complexity index is 535. The van der Waals surface area contributed by atoms with Crippen LogP contribution in [-0.2, 0) is 0 Å². The summed E-state index contributed by atoms with van der Waals surface area (Å²) in [6.45, 7) is 0. The molecule has 1 aromatic heterocycles. The zero-order chi connectivity index (χ0) is 10.8. The number of nitrogens with one attached hydrogen (secondary N) is 1. The van der Waals surface area contributed by atoms with Crippen LogP contribution in [0.1, 0.15) is 0 Å². The fourth-order valence-corrected chi connectivity index (χ4v) is 2.23. The maximum Gasteiger partial charge on any atom is 0.176 e. The molecule has 1 aromatic carbocycles. The lowest BCUT2D eigenvalue weighted by Crippen LogP contribution is -1.85. The van der Waals surface area contributed by atoms with Crippen LogP contribution in [0.5, 0.6) is 5.75 Å². The summed E-state index contributed by atoms with van der Waals surface area (Å²) in [7, 11) is 1.58. The lowest BCUT2D eigenvalue weighted by Gasteiger charge is -2.03. The van der Waals surface area contributed by atoms with Gasteiger partial charge in [-0.05, 0) is 24.4 Å². The topological polar surface area (TPSA) is 37.9 Å². The van der Waals surface area contributed by atoms with Gasteiger partial charge in [0.2, 0.25) is 0 Å². The van der Waals surface area contributed by atoms with Gasteiger partial charge in [0.25, 0.3) is 0 Å². The third-order valence-electron chi connectivity index (χ3n) is 1.84. The predicted octanol–water partition coefficient (Wildman–Crippen LogP) is 3.53. The summed E-state index contributed by atoms with van der Waals surface area (Å²) in [5, 5.41) is 8.22. The Morgan fingerprint density at radius 2 is 2.33 bits per heavy atom. The van der Waals surface area contributed by atoms with Crippen LogP contribution in [0.25, 0.3) is 10.6 Å². The van der Waals surface area contributed by atoms with Crippen molar-refractivity contribution in [3.05, 3.63) is 27.2 Å². The molecule has 0 amide bonds. The molecule has 15 heavy (non-hydrogen) atoms. The summed E-state index contributed by atoms with van der Waals surface area (Å²) in [6, 6.07) is 5.50. The van der Waals surface area contributed by atoms with Crippen LogP contribution in [0.2, 0.25) is 5.02 Å². The lowest BCUT2D eigenvalue weighted by molar-refractivity contribution is 0.415. The summed E-state index contributed by atoms with van der Waals surface area (Å²) >= 11 is 12.3. The second kappa shape index (κ2) is 4.30. The Labute approximate surface area is 101 Å². The molecular weight excluding hydrogens is 252 g/mol. The van der Waals surface area contributed by atoms with Crippen molar-refractivity contribution >= 4 is 35.2 Å². The summed E-state index contributed by atoms with van der Waals surface area (Å²) in [5.41, 5.74) is 0.939. The van der Waals surface area contributed by atoms with Crippen molar-refractivity contribution in [1.29, 1.82) is 0 Å². The zero-order valence-corrected chi connectivity index (χ0v) is 10.2. The van der Waals surface area contributed by atoms with E-state index in [2.05, 4.69) is 10.2 Å². The maximum atomic E-state index is 5.92. The Hall–Kier alpha value is -0.910. The SMILES string of the molecule is COc1cc(-c2n[nH]c(=S)s2)ccc1Cl. The highest BCUT2D eigenvalue weighted by molar-refractivity contribution is 7.73. The Morgan fingerprint density at radius 3 is 2.93 bits per heavy atom. The molecule has 2 rings (SSSR count). The minimum Gasteiger partial charge on any atom is -0.495 e. The summed E-state index contributed by atoms with van der Waals surface area (Å²) in [4.78, 5) is 0. The van der Waals surface area contributed by atoms with Crippen molar-refractivity contribution < 1.29 is 4.74 Å². The number of aromatic nitrogens is 2. The van der Waals surface area contributed by atoms with Crippen LogP contribution in [-0.4, -0.2) is 17.3 Å². The number of ether oxygens (including phenoxy) is 1. The first-order chi connectivity index (χ1) is 7.20. The average molecular weight is 259 g/mol. The van der Waals surface area contributed by atoms with Gasteiger partial charge in [-0.3, -0.25) is 5.10 Å². The number of hydrogen-bond acceptors (Lipinski definition) is 4. The van der Waals surface area contributed by atoms with E-state index in [0.29, 0.717) is 14.7 Å². The van der Waals surface area contributed by atoms with E-state index in [0.717, 1.165) is 10.6 Å². The molecule has 0 aliphatic rings. The van der Waals surface area contributed by atoms with Crippen LogP contribution in [0.4, 0.5) is 0 Å². The van der Waals surface area contributed by atoms with Crippen molar-refractivity contribution in [3.8, 4) is 16.3 Å². The van der Waals surface area contributed by atoms with Gasteiger partial charge in [-0.1, -0.05) is 29.0 Å². The molecule has 1 N–H and O–H groups in total. The average Bonchev–Trinajstić information content (AvgIpc) is 2.66. The molecule has 0 aliphatic carbocycles. The van der Waals surface area contributed by atoms with E-state index in [-0.39, 0.29) is 0 Å². The molecule has 0 fully saturated rings. The number of nitrogens with zero attached hydrogens (tertiary/aromatic N) is 1. The summed E-state index contributed by atoms with van der Waals surface area (Å²) < 4.78 is 5.77. The lowest BCUT2D eigenvalue weighted by atomic mass is 10.2. The monoisotopic (exact) mass is 258 g/mol. The molecule has 3 nitrogen and oxygen atoms in total. The first-order valence-electron chi connectivity index (χ1n) is 4.10. The molecule has 0 bridgehead atoms. The first kappa shape index (κ1) is 10.6. The van der Waals surface area contributed by atoms with Gasteiger partial charge in [-0.15, -0.1) is 0 Å². The molecule has 78 valence electrons. The number of halogens is 1. The molecule has 0 aliphatic heterocycles. The van der Waals surface area contributed by atoms with E-state index in [1.807, 2.05) is 12.1 Å². The number of rotatable bonds is 2. The van der Waals surface area contributed by atoms with Gasteiger partial charge in [-0.25, -0.2) is 0 Å². The Kier molecular flexibility index (Phi) is 3.04. The van der Waals surface area contributed by atoms with Crippen LogP contribution in [0.15, 0.2) is 18.2 Å². The summed E-state index contributed by atoms with van der Waals surface area (Å²) in [6.07, 6.45) is 0. The fraction of sp³-hybridized carbons (Fsp3) is 0.111. The van der Waals surface area contributed by atoms with Gasteiger partial charge in [0.15, 0.2) is 3.95 Å². The van der Waals surface area contributed by atoms with E-state index >= 15 is 0 Å². The first-order valence-corrected chi connectivity index (χ1v) is 5.70. The van der Waals surface area contributed by atoms with Gasteiger partial charge in [0, 0.05) is 5.56 Å². The van der Waals surface area contributed by atoms with Crippen molar-refractivity contribution in [2.24, 2.45) is 0 Å². The van der Waals surface area contributed by atoms with E-state index < -0.39 is 0 Å². The largest absolute Gasteiger partial charge is 0.495 e. The van der Waals surface area contributed by atoms with E-state index in [1.165, 1.54) is 11.3 Å². The minimum absolute atomic E-state index is 0.584. The molecular formula is C9H7ClN2OS2. The smallest absolute Gasteiger partial charge is 0.176 e. The van der Waals surface area contributed by atoms with Crippen LogP contribution < -0.4 is 4.74 Å². The molecule has 2 aromatic rings. The van der Waals surface area contributed by atoms with Crippen molar-refractivity contribution in [1.82, 2.24) is 10.2 Å². The molecule has 0 radical (unpaired) electrons. The molecule has 0 spiro atoms. The van der Waals surface area contributed by atoms with Crippen molar-refractivity contribution in [3.63, 3.8) is 0 Å². The molecule has 0 saturated heterocycles. The molecule has 0 atom stereocenters. The Balaban J connectivity index is 2.50. The standard InChI is InChI=1S/C9H7ClN2OS2/c1-13-7-4-5(2-3-6(7)10)8-11-12-9(14)15-8/h2-4H,1H3,(H,12,14). The van der Waals surface area contributed by atoms with E-state index in [4.69, 9.17) is 28.6 Å². The van der Waals surface area contributed by atoms with Gasteiger partial charge < -0.3 is 4.74 Å². The number of H-pyrrole nitrogens is 1. The third-order valence-corrected chi connectivity index (χ3v) is 3.29. The van der Waals surface area contributed by atoms with E-state index in [1.54, 1.807) is 13.2 Å². The second-order valence-electron chi connectivity index (χ2n) is 2.77. The molecule has 1 heterocycles. The maximum absolute atomic E-state index is 5.92. The van der Waals surface area contributed by atoms with Gasteiger partial charge in [0.05, 0.1) is 12.1 Å². The van der Waals surface area contributed by atoms with Crippen LogP contribution >= 0.6 is 35.2 Å². The Morgan fingerprint density at radius 1 is 1.53 bits per heavy atom. The number of methoxy groups -OCH3 is 1. The highest BCUT2D eigenvalue weighted by Crippen LogP contribution is 2.30. The van der Waals surface area contributed by atoms with Crippen molar-refractivity contribution in [2.45, 2.75) is 0 Å². The highest BCUT2D eigenvalue weighted by atomic mass is 35.5. The number of hydrogen-bond donors (Lipinski definition) is 1. The molecule has 0 unspecified atom stereocenters. The third kappa shape index (κ3) is 2.19. The predicted molar refractivity (Wildman–Crippen MR) is 64.3 cm³/mol. The number of benzene rings is 1. The van der Waals surface area contributed by atoms with Gasteiger partial charge >= 0.3 is 0 Å². The minimum atomic E-state index is 0.584. The summed E-state index contributed by atoms with van der Waals surface area (Å²) in [5.74, 6) is 0.635. The highest BCUT2D eigenvalue weighted by Gasteiger charge is 2.06. The number of aromatic amines is 1. The zero-order valence-electron chi connectivity index (χ0n) is 7.78. The normalized spacial score (nSPS) is 10.3. The van der Waals surface area contributed by atoms with Crippen molar-refractivity contribution in [2.75, 3.05) is 7.11 Å². The van der Waals surface area contributed by atoms with Gasteiger partial charge in [-0.2, -0.15) is 5.10 Å². The van der Waals surface area contributed by atoms with E-state index in [9.17, 15) is 0 Å². The molecule has 0 saturated carbocycles.